The lowest BCUT2D eigenvalue weighted by molar-refractivity contribution is -0.114. The summed E-state index contributed by atoms with van der Waals surface area (Å²) in [7, 11) is -0.0732. The quantitative estimate of drug-likeness (QED) is 0.369. The molecule has 10 heteroatoms. The number of carbonyl (C=O) groups excluding carboxylic acids is 2. The summed E-state index contributed by atoms with van der Waals surface area (Å²) in [5.74, 6) is -0.611. The van der Waals surface area contributed by atoms with Gasteiger partial charge in [0.25, 0.3) is 10.0 Å². The highest BCUT2D eigenvalue weighted by Gasteiger charge is 2.28. The second kappa shape index (κ2) is 12.0. The molecule has 0 saturated carbocycles. The van der Waals surface area contributed by atoms with Crippen LogP contribution in [0, 0.1) is 6.92 Å². The number of benzene rings is 3. The second-order valence-electron chi connectivity index (χ2n) is 8.86. The number of anilines is 2. The smallest absolute Gasteiger partial charge is 0.340 e. The Morgan fingerprint density at radius 3 is 2.00 bits per heavy atom. The van der Waals surface area contributed by atoms with Crippen LogP contribution in [0.25, 0.3) is 0 Å². The number of carbonyl (C=O) groups is 2. The zero-order valence-electron chi connectivity index (χ0n) is 22.3. The van der Waals surface area contributed by atoms with E-state index in [0.717, 1.165) is 15.4 Å². The van der Waals surface area contributed by atoms with Gasteiger partial charge in [-0.2, -0.15) is 0 Å². The normalized spacial score (nSPS) is 11.1. The maximum absolute atomic E-state index is 13.7. The Morgan fingerprint density at radius 2 is 1.47 bits per heavy atom. The molecule has 202 valence electrons. The van der Waals surface area contributed by atoms with E-state index in [1.807, 2.05) is 32.9 Å². The van der Waals surface area contributed by atoms with Crippen molar-refractivity contribution in [3.8, 4) is 11.5 Å². The van der Waals surface area contributed by atoms with E-state index in [4.69, 9.17) is 14.2 Å². The van der Waals surface area contributed by atoms with Crippen LogP contribution in [0.15, 0.2) is 65.6 Å². The first-order valence-electron chi connectivity index (χ1n) is 11.8. The molecule has 1 N–H and O–H groups in total. The van der Waals surface area contributed by atoms with Crippen LogP contribution in [0.2, 0.25) is 0 Å². The molecule has 0 aliphatic heterocycles. The number of hydrogen-bond acceptors (Lipinski definition) is 7. The minimum Gasteiger partial charge on any atom is -0.493 e. The highest BCUT2D eigenvalue weighted by molar-refractivity contribution is 7.92. The molecule has 0 unspecified atom stereocenters. The topological polar surface area (TPSA) is 111 Å². The summed E-state index contributed by atoms with van der Waals surface area (Å²) in [6.45, 7) is 5.37. The third-order valence-corrected chi connectivity index (χ3v) is 7.74. The molecular formula is C28H32N2O7S. The number of sulfonamides is 1. The van der Waals surface area contributed by atoms with Crippen molar-refractivity contribution in [1.29, 1.82) is 0 Å². The molecule has 0 spiro atoms. The van der Waals surface area contributed by atoms with Crippen LogP contribution < -0.4 is 19.1 Å². The lowest BCUT2D eigenvalue weighted by atomic mass is 10.0. The molecule has 0 aliphatic rings. The SMILES string of the molecule is COC(=O)c1cc(OC)c(OC)cc1NC(=O)CN(c1ccc(C(C)C)cc1)S(=O)(=O)c1ccc(C)cc1. The van der Waals surface area contributed by atoms with Crippen molar-refractivity contribution in [1.82, 2.24) is 0 Å². The molecule has 9 nitrogen and oxygen atoms in total. The third kappa shape index (κ3) is 6.25. The largest absolute Gasteiger partial charge is 0.493 e. The first-order chi connectivity index (χ1) is 18.0. The molecule has 0 atom stereocenters. The summed E-state index contributed by atoms with van der Waals surface area (Å²) in [6.07, 6.45) is 0. The molecule has 1 amide bonds. The van der Waals surface area contributed by atoms with Crippen LogP contribution >= 0.6 is 0 Å². The van der Waals surface area contributed by atoms with Crippen molar-refractivity contribution >= 4 is 33.3 Å². The first kappa shape index (κ1) is 28.5. The minimum absolute atomic E-state index is 0.0210. The van der Waals surface area contributed by atoms with Gasteiger partial charge in [-0.3, -0.25) is 9.10 Å². The van der Waals surface area contributed by atoms with Gasteiger partial charge in [-0.1, -0.05) is 43.7 Å². The van der Waals surface area contributed by atoms with E-state index in [0.29, 0.717) is 5.69 Å². The van der Waals surface area contributed by atoms with Crippen molar-refractivity contribution in [3.05, 3.63) is 77.4 Å². The van der Waals surface area contributed by atoms with Crippen LogP contribution in [0.4, 0.5) is 11.4 Å². The zero-order valence-corrected chi connectivity index (χ0v) is 23.1. The van der Waals surface area contributed by atoms with Gasteiger partial charge in [0.2, 0.25) is 5.91 Å². The molecule has 0 fully saturated rings. The fraction of sp³-hybridized carbons (Fsp3) is 0.286. The van der Waals surface area contributed by atoms with Gasteiger partial charge in [0.05, 0.1) is 43.2 Å². The molecule has 3 aromatic rings. The Morgan fingerprint density at radius 1 is 0.895 bits per heavy atom. The maximum atomic E-state index is 13.7. The standard InChI is InChI=1S/C28H32N2O7S/c1-18(2)20-9-11-21(12-10-20)30(38(33,34)22-13-7-19(3)8-14-22)17-27(31)29-24-16-26(36-5)25(35-4)15-23(24)28(32)37-6/h7-16,18H,17H2,1-6H3,(H,29,31). The Labute approximate surface area is 223 Å². The summed E-state index contributed by atoms with van der Waals surface area (Å²) in [6, 6.07) is 16.2. The molecule has 0 saturated heterocycles. The molecule has 0 bridgehead atoms. The van der Waals surface area contributed by atoms with Crippen LogP contribution in [0.3, 0.4) is 0 Å². The Hall–Kier alpha value is -4.05. The number of nitrogens with zero attached hydrogens (tertiary/aromatic N) is 1. The highest BCUT2D eigenvalue weighted by Crippen LogP contribution is 2.34. The van der Waals surface area contributed by atoms with E-state index in [1.54, 1.807) is 24.3 Å². The fourth-order valence-electron chi connectivity index (χ4n) is 3.76. The average molecular weight is 541 g/mol. The van der Waals surface area contributed by atoms with E-state index < -0.39 is 28.4 Å². The molecule has 0 aliphatic carbocycles. The summed E-state index contributed by atoms with van der Waals surface area (Å²) in [5.41, 5.74) is 2.36. The Bertz CT molecular complexity index is 1400. The van der Waals surface area contributed by atoms with Gasteiger partial charge >= 0.3 is 5.97 Å². The third-order valence-electron chi connectivity index (χ3n) is 5.95. The minimum atomic E-state index is -4.11. The molecule has 0 radical (unpaired) electrons. The van der Waals surface area contributed by atoms with Crippen molar-refractivity contribution in [2.24, 2.45) is 0 Å². The van der Waals surface area contributed by atoms with Gasteiger partial charge in [0.15, 0.2) is 11.5 Å². The Balaban J connectivity index is 2.02. The highest BCUT2D eigenvalue weighted by atomic mass is 32.2. The summed E-state index contributed by atoms with van der Waals surface area (Å²) < 4.78 is 43.8. The number of esters is 1. The predicted octanol–water partition coefficient (Wildman–Crippen LogP) is 4.76. The van der Waals surface area contributed by atoms with Crippen molar-refractivity contribution in [3.63, 3.8) is 0 Å². The fourth-order valence-corrected chi connectivity index (χ4v) is 5.18. The lowest BCUT2D eigenvalue weighted by Crippen LogP contribution is -2.38. The van der Waals surface area contributed by atoms with E-state index in [2.05, 4.69) is 5.32 Å². The Kier molecular flexibility index (Phi) is 9.00. The van der Waals surface area contributed by atoms with E-state index in [-0.39, 0.29) is 33.6 Å². The number of nitrogens with one attached hydrogen (secondary N) is 1. The van der Waals surface area contributed by atoms with Gasteiger partial charge < -0.3 is 19.5 Å². The second-order valence-corrected chi connectivity index (χ2v) is 10.7. The maximum Gasteiger partial charge on any atom is 0.340 e. The van der Waals surface area contributed by atoms with Crippen LogP contribution in [0.1, 0.15) is 41.3 Å². The van der Waals surface area contributed by atoms with Gasteiger partial charge in [-0.25, -0.2) is 13.2 Å². The number of hydrogen-bond donors (Lipinski definition) is 1. The summed E-state index contributed by atoms with van der Waals surface area (Å²) >= 11 is 0. The number of methoxy groups -OCH3 is 3. The molecular weight excluding hydrogens is 508 g/mol. The number of amides is 1. The van der Waals surface area contributed by atoms with Crippen LogP contribution in [-0.2, 0) is 19.6 Å². The number of rotatable bonds is 10. The number of ether oxygens (including phenoxy) is 3. The zero-order chi connectivity index (χ0) is 28.0. The monoisotopic (exact) mass is 540 g/mol. The number of aryl methyl sites for hydroxylation is 1. The van der Waals surface area contributed by atoms with Gasteiger partial charge in [-0.15, -0.1) is 0 Å². The molecule has 0 heterocycles. The van der Waals surface area contributed by atoms with E-state index >= 15 is 0 Å². The van der Waals surface area contributed by atoms with Crippen LogP contribution in [0.5, 0.6) is 11.5 Å². The van der Waals surface area contributed by atoms with Crippen molar-refractivity contribution in [2.45, 2.75) is 31.6 Å². The first-order valence-corrected chi connectivity index (χ1v) is 13.3. The predicted molar refractivity (Wildman–Crippen MR) is 146 cm³/mol. The van der Waals surface area contributed by atoms with Crippen molar-refractivity contribution < 1.29 is 32.2 Å². The molecule has 3 rings (SSSR count). The van der Waals surface area contributed by atoms with Gasteiger partial charge in [-0.05, 0) is 42.7 Å². The van der Waals surface area contributed by atoms with E-state index in [1.165, 1.54) is 45.6 Å². The summed E-state index contributed by atoms with van der Waals surface area (Å²) in [4.78, 5) is 25.7. The molecule has 38 heavy (non-hydrogen) atoms. The lowest BCUT2D eigenvalue weighted by Gasteiger charge is -2.25. The van der Waals surface area contributed by atoms with Gasteiger partial charge in [0.1, 0.15) is 6.54 Å². The molecule has 3 aromatic carbocycles. The van der Waals surface area contributed by atoms with Crippen LogP contribution in [-0.4, -0.2) is 48.2 Å². The summed E-state index contributed by atoms with van der Waals surface area (Å²) in [5, 5.41) is 2.63. The average Bonchev–Trinajstić information content (AvgIpc) is 2.91. The van der Waals surface area contributed by atoms with Crippen molar-refractivity contribution in [2.75, 3.05) is 37.5 Å². The van der Waals surface area contributed by atoms with Gasteiger partial charge in [0, 0.05) is 12.1 Å². The molecule has 0 aromatic heterocycles. The van der Waals surface area contributed by atoms with E-state index in [9.17, 15) is 18.0 Å².